The monoisotopic (exact) mass is 351 g/mol. The maximum Gasteiger partial charge on any atom is 0.311 e. The maximum atomic E-state index is 12.4. The average molecular weight is 351 g/mol. The number of nitrogens with one attached hydrogen (secondary N) is 1. The van der Waals surface area contributed by atoms with Crippen LogP contribution in [0.2, 0.25) is 0 Å². The van der Waals surface area contributed by atoms with Gasteiger partial charge < -0.3 is 4.74 Å². The van der Waals surface area contributed by atoms with Gasteiger partial charge in [0.2, 0.25) is 10.0 Å². The summed E-state index contributed by atoms with van der Waals surface area (Å²) in [6, 6.07) is 6.45. The largest absolute Gasteiger partial charge is 0.465 e. The highest BCUT2D eigenvalue weighted by atomic mass is 32.2. The molecule has 5 nitrogen and oxygen atoms in total. The van der Waals surface area contributed by atoms with Gasteiger partial charge in [-0.05, 0) is 46.2 Å². The number of carbonyl (C=O) groups is 1. The van der Waals surface area contributed by atoms with Crippen molar-refractivity contribution >= 4 is 16.0 Å². The van der Waals surface area contributed by atoms with Gasteiger partial charge in [-0.3, -0.25) is 4.79 Å². The van der Waals surface area contributed by atoms with Crippen molar-refractivity contribution in [1.29, 1.82) is 0 Å². The van der Waals surface area contributed by atoms with Crippen LogP contribution in [0.5, 0.6) is 0 Å². The molecule has 2 atom stereocenters. The van der Waals surface area contributed by atoms with Crippen LogP contribution in [0.4, 0.5) is 0 Å². The molecule has 1 aromatic carbocycles. The lowest BCUT2D eigenvalue weighted by Gasteiger charge is -2.19. The molecule has 1 aliphatic carbocycles. The highest BCUT2D eigenvalue weighted by Gasteiger charge is 2.27. The summed E-state index contributed by atoms with van der Waals surface area (Å²) in [5.74, 6) is -0.221. The third-order valence-corrected chi connectivity index (χ3v) is 5.36. The van der Waals surface area contributed by atoms with Crippen molar-refractivity contribution < 1.29 is 17.9 Å². The fraction of sp³-hybridized carbons (Fsp3) is 0.500. The van der Waals surface area contributed by atoms with Crippen LogP contribution in [0.3, 0.4) is 0 Å². The number of carbonyl (C=O) groups excluding carboxylic acids is 1. The zero-order chi connectivity index (χ0) is 18.0. The number of aryl methyl sites for hydroxylation is 1. The molecule has 132 valence electrons. The molecule has 0 bridgehead atoms. The van der Waals surface area contributed by atoms with Crippen LogP contribution < -0.4 is 4.72 Å². The van der Waals surface area contributed by atoms with Crippen LogP contribution in [-0.4, -0.2) is 27.0 Å². The Labute approximate surface area is 144 Å². The summed E-state index contributed by atoms with van der Waals surface area (Å²) in [7, 11) is -3.55. The summed E-state index contributed by atoms with van der Waals surface area (Å²) >= 11 is 0. The second-order valence-corrected chi connectivity index (χ2v) is 8.98. The molecule has 1 aromatic rings. The maximum absolute atomic E-state index is 12.4. The number of esters is 1. The van der Waals surface area contributed by atoms with Crippen LogP contribution in [-0.2, 0) is 19.6 Å². The lowest BCUT2D eigenvalue weighted by Crippen LogP contribution is -2.33. The summed E-state index contributed by atoms with van der Waals surface area (Å²) in [6.07, 6.45) is 4.31. The lowest BCUT2D eigenvalue weighted by molar-refractivity contribution is -0.153. The van der Waals surface area contributed by atoms with Gasteiger partial charge in [0.15, 0.2) is 0 Å². The fourth-order valence-corrected chi connectivity index (χ4v) is 3.57. The molecule has 1 N–H and O–H groups in total. The van der Waals surface area contributed by atoms with E-state index in [2.05, 4.69) is 4.72 Å². The smallest absolute Gasteiger partial charge is 0.311 e. The predicted molar refractivity (Wildman–Crippen MR) is 92.9 cm³/mol. The van der Waals surface area contributed by atoms with Gasteiger partial charge in [0.25, 0.3) is 0 Å². The van der Waals surface area contributed by atoms with Crippen molar-refractivity contribution in [2.75, 3.05) is 6.61 Å². The molecule has 0 aromatic heterocycles. The fourth-order valence-electron chi connectivity index (χ4n) is 2.37. The molecule has 2 rings (SSSR count). The summed E-state index contributed by atoms with van der Waals surface area (Å²) in [5.41, 5.74) is 0.477. The van der Waals surface area contributed by atoms with Crippen molar-refractivity contribution in [3.05, 3.63) is 42.0 Å². The molecular weight excluding hydrogens is 326 g/mol. The van der Waals surface area contributed by atoms with Gasteiger partial charge in [0, 0.05) is 12.0 Å². The van der Waals surface area contributed by atoms with E-state index in [0.717, 1.165) is 5.56 Å². The van der Waals surface area contributed by atoms with E-state index in [1.807, 2.05) is 19.1 Å². The molecule has 6 heteroatoms. The molecule has 0 heterocycles. The third-order valence-electron chi connectivity index (χ3n) is 3.85. The first-order chi connectivity index (χ1) is 11.1. The molecular formula is C18H25NO4S. The minimum absolute atomic E-state index is 0.0296. The molecule has 0 amide bonds. The van der Waals surface area contributed by atoms with Gasteiger partial charge in [-0.15, -0.1) is 0 Å². The van der Waals surface area contributed by atoms with E-state index >= 15 is 0 Å². The van der Waals surface area contributed by atoms with Gasteiger partial charge in [0.1, 0.15) is 0 Å². The summed E-state index contributed by atoms with van der Waals surface area (Å²) in [4.78, 5) is 12.0. The number of ether oxygens (including phenoxy) is 1. The van der Waals surface area contributed by atoms with Crippen LogP contribution in [0.25, 0.3) is 0 Å². The lowest BCUT2D eigenvalue weighted by atomic mass is 9.97. The minimum atomic E-state index is -3.55. The van der Waals surface area contributed by atoms with E-state index in [4.69, 9.17) is 4.74 Å². The zero-order valence-electron chi connectivity index (χ0n) is 14.6. The molecule has 0 aliphatic heterocycles. The molecule has 1 aliphatic rings. The number of hydrogen-bond acceptors (Lipinski definition) is 4. The van der Waals surface area contributed by atoms with Gasteiger partial charge in [-0.25, -0.2) is 13.1 Å². The zero-order valence-corrected chi connectivity index (χ0v) is 15.4. The molecule has 24 heavy (non-hydrogen) atoms. The molecule has 0 unspecified atom stereocenters. The Morgan fingerprint density at radius 2 is 1.83 bits per heavy atom. The topological polar surface area (TPSA) is 72.5 Å². The first-order valence-corrected chi connectivity index (χ1v) is 9.51. The van der Waals surface area contributed by atoms with Crippen molar-refractivity contribution in [3.63, 3.8) is 0 Å². The minimum Gasteiger partial charge on any atom is -0.465 e. The van der Waals surface area contributed by atoms with E-state index in [0.29, 0.717) is 6.42 Å². The molecule has 0 fully saturated rings. The number of hydrogen-bond donors (Lipinski definition) is 1. The van der Waals surface area contributed by atoms with Crippen molar-refractivity contribution in [2.45, 2.75) is 45.1 Å². The van der Waals surface area contributed by atoms with E-state index in [-0.39, 0.29) is 29.4 Å². The van der Waals surface area contributed by atoms with Gasteiger partial charge in [0.05, 0.1) is 16.9 Å². The molecule has 0 saturated carbocycles. The number of benzene rings is 1. The van der Waals surface area contributed by atoms with Gasteiger partial charge in [-0.1, -0.05) is 29.8 Å². The first kappa shape index (κ1) is 18.7. The summed E-state index contributed by atoms with van der Waals surface area (Å²) in [5, 5.41) is 0. The van der Waals surface area contributed by atoms with Crippen molar-refractivity contribution in [1.82, 2.24) is 4.72 Å². The first-order valence-electron chi connectivity index (χ1n) is 8.02. The van der Waals surface area contributed by atoms with Crippen LogP contribution in [0.1, 0.15) is 32.8 Å². The van der Waals surface area contributed by atoms with E-state index in [1.165, 1.54) is 0 Å². The van der Waals surface area contributed by atoms with Crippen molar-refractivity contribution in [2.24, 2.45) is 11.3 Å². The number of rotatable bonds is 5. The summed E-state index contributed by atoms with van der Waals surface area (Å²) < 4.78 is 32.7. The van der Waals surface area contributed by atoms with Gasteiger partial charge >= 0.3 is 5.97 Å². The van der Waals surface area contributed by atoms with E-state index in [9.17, 15) is 13.2 Å². The standard InChI is InChI=1S/C18H25NO4S/c1-13-5-9-16(10-6-13)24(21,22)19-15-8-7-14(11-15)12-23-17(20)18(2,3)4/h5-10,14-15,19H,11-12H2,1-4H3/t14-,15+/m1/s1. The van der Waals surface area contributed by atoms with E-state index < -0.39 is 15.4 Å². The highest BCUT2D eigenvalue weighted by molar-refractivity contribution is 7.89. The third kappa shape index (κ3) is 4.92. The quantitative estimate of drug-likeness (QED) is 0.654. The Kier molecular flexibility index (Phi) is 5.50. The van der Waals surface area contributed by atoms with E-state index in [1.54, 1.807) is 45.0 Å². The molecule has 0 spiro atoms. The Bertz CT molecular complexity index is 714. The Balaban J connectivity index is 1.89. The summed E-state index contributed by atoms with van der Waals surface area (Å²) in [6.45, 7) is 7.59. The Hall–Kier alpha value is -1.66. The average Bonchev–Trinajstić information content (AvgIpc) is 2.91. The Morgan fingerprint density at radius 1 is 1.21 bits per heavy atom. The second kappa shape index (κ2) is 7.07. The molecule has 0 saturated heterocycles. The Morgan fingerprint density at radius 3 is 2.42 bits per heavy atom. The van der Waals surface area contributed by atoms with Crippen LogP contribution in [0.15, 0.2) is 41.3 Å². The second-order valence-electron chi connectivity index (χ2n) is 7.27. The number of sulfonamides is 1. The SMILES string of the molecule is Cc1ccc(S(=O)(=O)N[C@H]2C=C[C@@H](COC(=O)C(C)(C)C)C2)cc1. The van der Waals surface area contributed by atoms with Crippen molar-refractivity contribution in [3.8, 4) is 0 Å². The van der Waals surface area contributed by atoms with Crippen LogP contribution >= 0.6 is 0 Å². The van der Waals surface area contributed by atoms with Gasteiger partial charge in [-0.2, -0.15) is 0 Å². The predicted octanol–water partition coefficient (Wildman–Crippen LogP) is 2.81. The molecule has 0 radical (unpaired) electrons. The normalized spacial score (nSPS) is 21.0. The highest BCUT2D eigenvalue weighted by Crippen LogP contribution is 2.22. The van der Waals surface area contributed by atoms with Crippen LogP contribution in [0, 0.1) is 18.3 Å².